The number of aliphatic carboxylic acids is 1. The zero-order valence-electron chi connectivity index (χ0n) is 34.4. The van der Waals surface area contributed by atoms with E-state index in [1.807, 2.05) is 0 Å². The number of hydrogen-bond donors (Lipinski definition) is 2. The van der Waals surface area contributed by atoms with E-state index in [0.717, 1.165) is 29.7 Å². The Labute approximate surface area is 299 Å². The van der Waals surface area contributed by atoms with Crippen molar-refractivity contribution in [3.8, 4) is 5.75 Å². The second-order valence-corrected chi connectivity index (χ2v) is 19.8. The lowest BCUT2D eigenvalue weighted by atomic mass is 9.49. The van der Waals surface area contributed by atoms with Gasteiger partial charge in [0.1, 0.15) is 11.9 Å². The van der Waals surface area contributed by atoms with Gasteiger partial charge >= 0.3 is 11.9 Å². The van der Waals surface area contributed by atoms with Crippen LogP contribution in [0.5, 0.6) is 5.75 Å². The fourth-order valence-electron chi connectivity index (χ4n) is 9.03. The van der Waals surface area contributed by atoms with Crippen LogP contribution in [0.25, 0.3) is 0 Å². The zero-order chi connectivity index (χ0) is 37.9. The van der Waals surface area contributed by atoms with E-state index in [1.54, 1.807) is 0 Å². The van der Waals surface area contributed by atoms with Crippen molar-refractivity contribution in [2.45, 2.75) is 164 Å². The first kappa shape index (κ1) is 41.3. The number of carbonyl (C=O) groups is 2. The van der Waals surface area contributed by atoms with Crippen LogP contribution in [0.15, 0.2) is 12.1 Å². The number of ether oxygens (including phenoxy) is 1. The van der Waals surface area contributed by atoms with Gasteiger partial charge < -0.3 is 24.7 Å². The van der Waals surface area contributed by atoms with Gasteiger partial charge in [-0.2, -0.15) is 0 Å². The van der Waals surface area contributed by atoms with Gasteiger partial charge in [0.15, 0.2) is 5.41 Å². The van der Waals surface area contributed by atoms with E-state index < -0.39 is 46.1 Å². The first-order valence-electron chi connectivity index (χ1n) is 18.8. The Morgan fingerprint density at radius 3 is 1.71 bits per heavy atom. The van der Waals surface area contributed by atoms with Crippen LogP contribution in [-0.2, 0) is 31.6 Å². The SMILES string of the molecule is CCCC(Cc1cc(C(C)(C)C)c(O)c(C(C)(C)C)c1)C(C(=O)O)(C(=O)OC1CCN(C)C(C)(C)C1(C)C)C1CCN(C)C(C)(C)C1(C)C. The Hall–Kier alpha value is -2.12. The van der Waals surface area contributed by atoms with E-state index in [-0.39, 0.29) is 21.9 Å². The molecule has 4 unspecified atom stereocenters. The number of aromatic hydroxyl groups is 1. The molecule has 2 aliphatic rings. The molecule has 0 bridgehead atoms. The van der Waals surface area contributed by atoms with E-state index in [2.05, 4.69) is 140 Å². The molecular formula is C42H72N2O5. The van der Waals surface area contributed by atoms with Crippen molar-refractivity contribution in [1.29, 1.82) is 0 Å². The zero-order valence-corrected chi connectivity index (χ0v) is 34.4. The smallest absolute Gasteiger partial charge is 0.324 e. The molecule has 1 aromatic carbocycles. The van der Waals surface area contributed by atoms with Crippen molar-refractivity contribution >= 4 is 11.9 Å². The van der Waals surface area contributed by atoms with Gasteiger partial charge in [-0.1, -0.05) is 94.7 Å². The molecule has 7 nitrogen and oxygen atoms in total. The highest BCUT2D eigenvalue weighted by Gasteiger charge is 2.67. The second kappa shape index (κ2) is 13.5. The topological polar surface area (TPSA) is 90.3 Å². The van der Waals surface area contributed by atoms with Crippen LogP contribution in [0.1, 0.15) is 146 Å². The molecule has 3 rings (SSSR count). The maximum atomic E-state index is 15.4. The normalized spacial score (nSPS) is 26.1. The highest BCUT2D eigenvalue weighted by Crippen LogP contribution is 2.58. The molecule has 2 N–H and O–H groups in total. The molecule has 0 aliphatic carbocycles. The van der Waals surface area contributed by atoms with Crippen LogP contribution in [-0.4, -0.2) is 76.3 Å². The quantitative estimate of drug-likeness (QED) is 0.198. The number of benzene rings is 1. The highest BCUT2D eigenvalue weighted by atomic mass is 16.5. The average Bonchev–Trinajstić information content (AvgIpc) is 2.94. The highest BCUT2D eigenvalue weighted by molar-refractivity contribution is 6.00. The van der Waals surface area contributed by atoms with Crippen LogP contribution in [0.3, 0.4) is 0 Å². The fourth-order valence-corrected chi connectivity index (χ4v) is 9.03. The van der Waals surface area contributed by atoms with E-state index in [4.69, 9.17) is 4.74 Å². The van der Waals surface area contributed by atoms with Gasteiger partial charge in [-0.3, -0.25) is 9.59 Å². The minimum atomic E-state index is -1.79. The summed E-state index contributed by atoms with van der Waals surface area (Å²) in [4.78, 5) is 34.4. The Bertz CT molecular complexity index is 1340. The van der Waals surface area contributed by atoms with Crippen molar-refractivity contribution in [3.63, 3.8) is 0 Å². The second-order valence-electron chi connectivity index (χ2n) is 19.8. The number of phenols is 1. The molecular weight excluding hydrogens is 612 g/mol. The van der Waals surface area contributed by atoms with Gasteiger partial charge in [0.05, 0.1) is 0 Å². The number of nitrogens with zero attached hydrogens (tertiary/aromatic N) is 2. The van der Waals surface area contributed by atoms with E-state index in [1.165, 1.54) is 0 Å². The first-order valence-corrected chi connectivity index (χ1v) is 18.8. The van der Waals surface area contributed by atoms with Crippen molar-refractivity contribution in [2.24, 2.45) is 28.1 Å². The molecule has 0 spiro atoms. The Balaban J connectivity index is 2.36. The molecule has 0 amide bonds. The minimum absolute atomic E-state index is 0.265. The lowest BCUT2D eigenvalue weighted by molar-refractivity contribution is -0.210. The summed E-state index contributed by atoms with van der Waals surface area (Å²) in [5, 5.41) is 23.3. The van der Waals surface area contributed by atoms with Gasteiger partial charge in [-0.25, -0.2) is 0 Å². The molecule has 1 aromatic rings. The van der Waals surface area contributed by atoms with Crippen LogP contribution in [0, 0.1) is 28.1 Å². The first-order chi connectivity index (χ1) is 22.0. The molecule has 4 atom stereocenters. The van der Waals surface area contributed by atoms with Gasteiger partial charge in [0.2, 0.25) is 0 Å². The van der Waals surface area contributed by atoms with Crippen LogP contribution < -0.4 is 0 Å². The van der Waals surface area contributed by atoms with Crippen LogP contribution in [0.2, 0.25) is 0 Å². The summed E-state index contributed by atoms with van der Waals surface area (Å²) in [5.74, 6) is -2.37. The number of carbonyl (C=O) groups excluding carboxylic acids is 1. The van der Waals surface area contributed by atoms with Crippen LogP contribution in [0.4, 0.5) is 0 Å². The van der Waals surface area contributed by atoms with Crippen molar-refractivity contribution in [2.75, 3.05) is 27.2 Å². The Morgan fingerprint density at radius 1 is 0.837 bits per heavy atom. The number of piperidine rings is 2. The molecule has 280 valence electrons. The number of esters is 1. The Kier molecular flexibility index (Phi) is 11.3. The number of phenolic OH excluding ortho intramolecular Hbond substituents is 1. The van der Waals surface area contributed by atoms with Crippen molar-refractivity contribution in [1.82, 2.24) is 9.80 Å². The summed E-state index contributed by atoms with van der Waals surface area (Å²) >= 11 is 0. The lowest BCUT2D eigenvalue weighted by Crippen LogP contribution is -2.68. The fraction of sp³-hybridized carbons (Fsp3) is 0.810. The van der Waals surface area contributed by atoms with Crippen LogP contribution >= 0.6 is 0 Å². The van der Waals surface area contributed by atoms with Gasteiger partial charge in [0, 0.05) is 23.0 Å². The number of rotatable bonds is 9. The standard InChI is InChI=1S/C42H72N2O5/c1-18-19-28(24-27-25-29(36(2,3)4)33(45)30(26-27)37(5,6)7)42(34(46)47,31-20-22-43(16)40(12,13)38(31,8)9)35(48)49-32-21-23-44(17)41(14,15)39(32,10)11/h25-26,28,31-32,45H,18-24H2,1-17H3,(H,46,47). The summed E-state index contributed by atoms with van der Waals surface area (Å²) in [6.45, 7) is 33.4. The summed E-state index contributed by atoms with van der Waals surface area (Å²) < 4.78 is 6.70. The predicted molar refractivity (Wildman–Crippen MR) is 201 cm³/mol. The molecule has 0 saturated carbocycles. The van der Waals surface area contributed by atoms with E-state index in [9.17, 15) is 15.0 Å². The molecule has 49 heavy (non-hydrogen) atoms. The number of carboxylic acid groups (broad SMARTS) is 1. The summed E-state index contributed by atoms with van der Waals surface area (Å²) in [6.07, 6.45) is 2.48. The molecule has 2 saturated heterocycles. The molecule has 7 heteroatoms. The molecule has 0 radical (unpaired) electrons. The van der Waals surface area contributed by atoms with Gasteiger partial charge in [-0.05, 0) is 119 Å². The third-order valence-corrected chi connectivity index (χ3v) is 14.3. The predicted octanol–water partition coefficient (Wildman–Crippen LogP) is 8.83. The summed E-state index contributed by atoms with van der Waals surface area (Å²) in [6, 6.07) is 4.11. The largest absolute Gasteiger partial charge is 0.507 e. The summed E-state index contributed by atoms with van der Waals surface area (Å²) in [5.41, 5.74) is -1.44. The third kappa shape index (κ3) is 6.93. The van der Waals surface area contributed by atoms with Gasteiger partial charge in [-0.15, -0.1) is 0 Å². The van der Waals surface area contributed by atoms with Crippen molar-refractivity contribution in [3.05, 3.63) is 28.8 Å². The molecule has 2 heterocycles. The minimum Gasteiger partial charge on any atom is -0.507 e. The molecule has 2 aliphatic heterocycles. The third-order valence-electron chi connectivity index (χ3n) is 14.3. The average molecular weight is 685 g/mol. The summed E-state index contributed by atoms with van der Waals surface area (Å²) in [7, 11) is 4.21. The monoisotopic (exact) mass is 685 g/mol. The maximum absolute atomic E-state index is 15.4. The molecule has 2 fully saturated rings. The van der Waals surface area contributed by atoms with Gasteiger partial charge in [0.25, 0.3) is 0 Å². The van der Waals surface area contributed by atoms with E-state index in [0.29, 0.717) is 38.0 Å². The van der Waals surface area contributed by atoms with E-state index >= 15 is 4.79 Å². The number of hydrogen-bond acceptors (Lipinski definition) is 6. The van der Waals surface area contributed by atoms with Crippen molar-refractivity contribution < 1.29 is 24.5 Å². The number of likely N-dealkylation sites (tertiary alicyclic amines) is 2. The molecule has 0 aromatic heterocycles. The lowest BCUT2D eigenvalue weighted by Gasteiger charge is -2.61. The number of carboxylic acids is 1. The maximum Gasteiger partial charge on any atom is 0.324 e. The Morgan fingerprint density at radius 2 is 1.29 bits per heavy atom.